The predicted octanol–water partition coefficient (Wildman–Crippen LogP) is 1.01. The van der Waals surface area contributed by atoms with Crippen LogP contribution in [0, 0.1) is 0 Å². The third kappa shape index (κ3) is 0.917. The van der Waals surface area contributed by atoms with E-state index >= 15 is 0 Å². The van der Waals surface area contributed by atoms with Crippen molar-refractivity contribution in [2.24, 2.45) is 9.98 Å². The van der Waals surface area contributed by atoms with Crippen molar-refractivity contribution in [3.8, 4) is 0 Å². The summed E-state index contributed by atoms with van der Waals surface area (Å²) in [6.07, 6.45) is 9.02. The third-order valence-electron chi connectivity index (χ3n) is 2.06. The Balaban J connectivity index is 2.08. The van der Waals surface area contributed by atoms with Gasteiger partial charge in [-0.3, -0.25) is 4.90 Å². The van der Waals surface area contributed by atoms with Crippen LogP contribution in [0.4, 0.5) is 0 Å². The van der Waals surface area contributed by atoms with Crippen molar-refractivity contribution in [1.29, 1.82) is 0 Å². The standard InChI is InChI=1S/C9H7N3O/c1-2-10-6-12-3-7-4-13-5-8(7)11-9(1)12/h1-3,5-6H,4H2. The maximum Gasteiger partial charge on any atom is 0.140 e. The van der Waals surface area contributed by atoms with Crippen LogP contribution in [-0.4, -0.2) is 23.7 Å². The molecule has 64 valence electrons. The number of aliphatic imine (C=N–C) groups is 2. The zero-order valence-electron chi connectivity index (χ0n) is 6.84. The Hall–Kier alpha value is -1.84. The molecular weight excluding hydrogens is 166 g/mol. The molecule has 13 heavy (non-hydrogen) atoms. The van der Waals surface area contributed by atoms with Crippen molar-refractivity contribution in [2.45, 2.75) is 0 Å². The fourth-order valence-corrected chi connectivity index (χ4v) is 1.41. The molecule has 0 fully saturated rings. The average Bonchev–Trinajstić information content (AvgIpc) is 2.61. The molecule has 0 spiro atoms. The summed E-state index contributed by atoms with van der Waals surface area (Å²) in [7, 11) is 0. The normalized spacial score (nSPS) is 22.8. The van der Waals surface area contributed by atoms with Gasteiger partial charge in [-0.2, -0.15) is 0 Å². The quantitative estimate of drug-likeness (QED) is 0.548. The van der Waals surface area contributed by atoms with E-state index in [1.54, 1.807) is 18.8 Å². The average molecular weight is 173 g/mol. The molecule has 0 saturated carbocycles. The summed E-state index contributed by atoms with van der Waals surface area (Å²) in [6.45, 7) is 0.611. The van der Waals surface area contributed by atoms with Gasteiger partial charge in [0, 0.05) is 18.0 Å². The van der Waals surface area contributed by atoms with Gasteiger partial charge in [0.25, 0.3) is 0 Å². The molecule has 0 aromatic carbocycles. The molecule has 3 rings (SSSR count). The zero-order chi connectivity index (χ0) is 8.67. The lowest BCUT2D eigenvalue weighted by Gasteiger charge is -2.21. The molecule has 0 aromatic heterocycles. The molecule has 0 aromatic rings. The Bertz CT molecular complexity index is 401. The topological polar surface area (TPSA) is 37.2 Å². The highest BCUT2D eigenvalue weighted by molar-refractivity contribution is 6.04. The van der Waals surface area contributed by atoms with E-state index in [9.17, 15) is 0 Å². The van der Waals surface area contributed by atoms with Crippen molar-refractivity contribution in [3.63, 3.8) is 0 Å². The number of nitrogens with zero attached hydrogens (tertiary/aromatic N) is 3. The van der Waals surface area contributed by atoms with Crippen molar-refractivity contribution >= 4 is 12.2 Å². The minimum Gasteiger partial charge on any atom is -0.494 e. The molecule has 0 saturated heterocycles. The molecule has 4 nitrogen and oxygen atoms in total. The highest BCUT2D eigenvalue weighted by Gasteiger charge is 2.21. The summed E-state index contributed by atoms with van der Waals surface area (Å²) in [5, 5.41) is 0. The molecule has 0 unspecified atom stereocenters. The highest BCUT2D eigenvalue weighted by Crippen LogP contribution is 2.24. The van der Waals surface area contributed by atoms with Crippen LogP contribution < -0.4 is 0 Å². The van der Waals surface area contributed by atoms with E-state index in [1.807, 2.05) is 17.2 Å². The molecule has 0 atom stereocenters. The second-order valence-electron chi connectivity index (χ2n) is 2.93. The van der Waals surface area contributed by atoms with Crippen molar-refractivity contribution in [2.75, 3.05) is 6.61 Å². The molecule has 0 radical (unpaired) electrons. The summed E-state index contributed by atoms with van der Waals surface area (Å²) in [5.41, 5.74) is 2.02. The van der Waals surface area contributed by atoms with Gasteiger partial charge in [0.1, 0.15) is 30.7 Å². The first-order valence-corrected chi connectivity index (χ1v) is 4.03. The van der Waals surface area contributed by atoms with Crippen molar-refractivity contribution < 1.29 is 4.74 Å². The van der Waals surface area contributed by atoms with E-state index in [2.05, 4.69) is 9.98 Å². The van der Waals surface area contributed by atoms with E-state index in [0.717, 1.165) is 17.1 Å². The molecule has 3 aliphatic heterocycles. The number of hydrogen-bond donors (Lipinski definition) is 0. The second kappa shape index (κ2) is 2.32. The zero-order valence-corrected chi connectivity index (χ0v) is 6.84. The van der Waals surface area contributed by atoms with Gasteiger partial charge in [-0.1, -0.05) is 0 Å². The number of ether oxygens (including phenoxy) is 1. The van der Waals surface area contributed by atoms with Crippen LogP contribution in [0.3, 0.4) is 0 Å². The molecule has 0 bridgehead atoms. The molecular formula is C9H7N3O. The summed E-state index contributed by atoms with van der Waals surface area (Å²) < 4.78 is 5.16. The Morgan fingerprint density at radius 1 is 1.46 bits per heavy atom. The lowest BCUT2D eigenvalue weighted by molar-refractivity contribution is 0.301. The van der Waals surface area contributed by atoms with Crippen LogP contribution in [0.1, 0.15) is 0 Å². The third-order valence-corrected chi connectivity index (χ3v) is 2.06. The Morgan fingerprint density at radius 2 is 2.46 bits per heavy atom. The second-order valence-corrected chi connectivity index (χ2v) is 2.93. The van der Waals surface area contributed by atoms with Gasteiger partial charge >= 0.3 is 0 Å². The largest absolute Gasteiger partial charge is 0.494 e. The monoisotopic (exact) mass is 173 g/mol. The van der Waals surface area contributed by atoms with Crippen LogP contribution in [0.5, 0.6) is 0 Å². The van der Waals surface area contributed by atoms with Crippen LogP contribution in [0.15, 0.2) is 46.0 Å². The summed E-state index contributed by atoms with van der Waals surface area (Å²) in [5.74, 6) is 0.885. The first kappa shape index (κ1) is 6.65. The number of fused-ring (bicyclic) bond motifs is 2. The molecule has 3 heterocycles. The van der Waals surface area contributed by atoms with Gasteiger partial charge in [-0.25, -0.2) is 9.98 Å². The maximum atomic E-state index is 5.16. The SMILES string of the molecule is C1=CC2=NC3=COCC3=CN2C=N1. The first-order chi connectivity index (χ1) is 6.43. The smallest absolute Gasteiger partial charge is 0.140 e. The first-order valence-electron chi connectivity index (χ1n) is 4.03. The van der Waals surface area contributed by atoms with Crippen LogP contribution in [0.25, 0.3) is 0 Å². The predicted molar refractivity (Wildman–Crippen MR) is 49.0 cm³/mol. The van der Waals surface area contributed by atoms with Gasteiger partial charge in [0.05, 0.1) is 0 Å². The highest BCUT2D eigenvalue weighted by atomic mass is 16.5. The van der Waals surface area contributed by atoms with E-state index in [4.69, 9.17) is 4.74 Å². The minimum absolute atomic E-state index is 0.611. The fraction of sp³-hybridized carbons (Fsp3) is 0.111. The van der Waals surface area contributed by atoms with Crippen LogP contribution >= 0.6 is 0 Å². The number of hydrogen-bond acceptors (Lipinski definition) is 4. The summed E-state index contributed by atoms with van der Waals surface area (Å²) in [6, 6.07) is 0. The van der Waals surface area contributed by atoms with Crippen molar-refractivity contribution in [3.05, 3.63) is 36.0 Å². The number of rotatable bonds is 0. The van der Waals surface area contributed by atoms with Crippen molar-refractivity contribution in [1.82, 2.24) is 4.90 Å². The summed E-state index contributed by atoms with van der Waals surface area (Å²) in [4.78, 5) is 10.3. The molecule has 4 heteroatoms. The lowest BCUT2D eigenvalue weighted by atomic mass is 10.2. The van der Waals surface area contributed by atoms with Gasteiger partial charge in [0.2, 0.25) is 0 Å². The van der Waals surface area contributed by atoms with E-state index in [-0.39, 0.29) is 0 Å². The Labute approximate surface area is 75.2 Å². The van der Waals surface area contributed by atoms with E-state index < -0.39 is 0 Å². The van der Waals surface area contributed by atoms with Gasteiger partial charge < -0.3 is 4.74 Å². The van der Waals surface area contributed by atoms with E-state index in [1.165, 1.54) is 0 Å². The van der Waals surface area contributed by atoms with E-state index in [0.29, 0.717) is 6.61 Å². The fourth-order valence-electron chi connectivity index (χ4n) is 1.41. The molecule has 0 amide bonds. The molecule has 3 aliphatic rings. The van der Waals surface area contributed by atoms with Crippen LogP contribution in [-0.2, 0) is 4.74 Å². The van der Waals surface area contributed by atoms with Crippen LogP contribution in [0.2, 0.25) is 0 Å². The lowest BCUT2D eigenvalue weighted by Crippen LogP contribution is -2.27. The molecule has 0 N–H and O–H groups in total. The number of amidine groups is 1. The minimum atomic E-state index is 0.611. The summed E-state index contributed by atoms with van der Waals surface area (Å²) >= 11 is 0. The van der Waals surface area contributed by atoms with Gasteiger partial charge in [-0.15, -0.1) is 0 Å². The Kier molecular flexibility index (Phi) is 1.19. The van der Waals surface area contributed by atoms with Gasteiger partial charge in [-0.05, 0) is 6.08 Å². The Morgan fingerprint density at radius 3 is 3.46 bits per heavy atom. The van der Waals surface area contributed by atoms with Gasteiger partial charge in [0.15, 0.2) is 0 Å². The maximum absolute atomic E-state index is 5.16. The molecule has 0 aliphatic carbocycles.